The highest BCUT2D eigenvalue weighted by atomic mass is 32.2. The zero-order valence-electron chi connectivity index (χ0n) is 18.7. The van der Waals surface area contributed by atoms with Crippen molar-refractivity contribution in [1.82, 2.24) is 9.97 Å². The molecule has 2 aromatic carbocycles. The minimum absolute atomic E-state index is 0.285. The van der Waals surface area contributed by atoms with Crippen molar-refractivity contribution in [3.05, 3.63) is 54.2 Å². The van der Waals surface area contributed by atoms with Crippen LogP contribution in [0.25, 0.3) is 11.1 Å². The Morgan fingerprint density at radius 2 is 2.00 bits per heavy atom. The van der Waals surface area contributed by atoms with Gasteiger partial charge < -0.3 is 10.1 Å². The minimum atomic E-state index is -3.98. The van der Waals surface area contributed by atoms with E-state index in [1.54, 1.807) is 55.7 Å². The van der Waals surface area contributed by atoms with Gasteiger partial charge in [-0.05, 0) is 35.9 Å². The van der Waals surface area contributed by atoms with E-state index in [9.17, 15) is 22.5 Å². The first-order valence-corrected chi connectivity index (χ1v) is 12.1. The molecular formula is C23H20F2N6O3S. The molecule has 180 valence electrons. The summed E-state index contributed by atoms with van der Waals surface area (Å²) >= 11 is 0. The fourth-order valence-corrected chi connectivity index (χ4v) is 5.44. The lowest BCUT2D eigenvalue weighted by molar-refractivity contribution is 0.101. The van der Waals surface area contributed by atoms with Gasteiger partial charge in [-0.2, -0.15) is 18.7 Å². The normalized spacial score (nSPS) is 19.1. The van der Waals surface area contributed by atoms with Gasteiger partial charge in [0.15, 0.2) is 0 Å². The van der Waals surface area contributed by atoms with E-state index in [2.05, 4.69) is 21.4 Å². The Hall–Kier alpha value is -3.98. The molecular weight excluding hydrogens is 478 g/mol. The van der Waals surface area contributed by atoms with Crippen LogP contribution in [0, 0.1) is 17.2 Å². The van der Waals surface area contributed by atoms with Gasteiger partial charge in [0.1, 0.15) is 5.75 Å². The summed E-state index contributed by atoms with van der Waals surface area (Å²) in [5.74, 6) is -2.74. The van der Waals surface area contributed by atoms with Crippen molar-refractivity contribution in [3.63, 3.8) is 0 Å². The molecule has 0 spiro atoms. The van der Waals surface area contributed by atoms with Crippen LogP contribution in [0.3, 0.4) is 0 Å². The van der Waals surface area contributed by atoms with Crippen LogP contribution in [0.4, 0.5) is 26.1 Å². The predicted octanol–water partition coefficient (Wildman–Crippen LogP) is 4.01. The Bertz CT molecular complexity index is 1470. The van der Waals surface area contributed by atoms with E-state index in [0.717, 1.165) is 8.61 Å². The molecule has 3 aromatic rings. The highest BCUT2D eigenvalue weighted by molar-refractivity contribution is 7.94. The molecule has 12 heteroatoms. The Balaban J connectivity index is 1.50. The second-order valence-corrected chi connectivity index (χ2v) is 10.1. The van der Waals surface area contributed by atoms with E-state index in [1.165, 1.54) is 7.05 Å². The molecule has 0 bridgehead atoms. The summed E-state index contributed by atoms with van der Waals surface area (Å²) < 4.78 is 60.7. The third-order valence-corrected chi connectivity index (χ3v) is 7.84. The highest BCUT2D eigenvalue weighted by Gasteiger charge is 2.59. The van der Waals surface area contributed by atoms with Gasteiger partial charge in [0, 0.05) is 50.8 Å². The van der Waals surface area contributed by atoms with Gasteiger partial charge in [0.25, 0.3) is 5.92 Å². The van der Waals surface area contributed by atoms with Crippen molar-refractivity contribution in [2.45, 2.75) is 12.3 Å². The third-order valence-electron chi connectivity index (χ3n) is 6.05. The van der Waals surface area contributed by atoms with Crippen molar-refractivity contribution in [3.8, 4) is 28.8 Å². The number of nitrogens with zero attached hydrogens (tertiary/aromatic N) is 5. The minimum Gasteiger partial charge on any atom is -0.439 e. The SMILES string of the molecule is CNc1nccc(Oc2ccc(C#N)c(-c3ccc4c(c3)N(C)S(=O)(=O)N4CC3CC3(F)F)c2)n1. The molecule has 1 unspecified atom stereocenters. The van der Waals surface area contributed by atoms with Crippen molar-refractivity contribution in [2.24, 2.45) is 5.92 Å². The number of alkyl halides is 2. The van der Waals surface area contributed by atoms with Crippen LogP contribution in [0.5, 0.6) is 11.6 Å². The number of ether oxygens (including phenoxy) is 1. The molecule has 2 aliphatic rings. The second kappa shape index (κ2) is 8.06. The standard InChI is InChI=1S/C23H20F2N6O3S/c1-27-22-28-8-7-21(29-22)34-17-5-3-15(12-26)18(10-17)14-4-6-19-20(9-14)30(2)35(32,33)31(19)13-16-11-23(16,24)25/h3-10,16H,11,13H2,1-2H3,(H,27,28,29). The van der Waals surface area contributed by atoms with E-state index in [-0.39, 0.29) is 13.0 Å². The number of aromatic nitrogens is 2. The quantitative estimate of drug-likeness (QED) is 0.547. The Kier molecular flexibility index (Phi) is 5.25. The fourth-order valence-electron chi connectivity index (χ4n) is 3.97. The zero-order valence-corrected chi connectivity index (χ0v) is 19.6. The molecule has 0 radical (unpaired) electrons. The number of nitrogens with one attached hydrogen (secondary N) is 1. The van der Waals surface area contributed by atoms with Crippen LogP contribution in [0.15, 0.2) is 48.7 Å². The number of nitriles is 1. The van der Waals surface area contributed by atoms with E-state index >= 15 is 0 Å². The van der Waals surface area contributed by atoms with Crippen LogP contribution in [0.1, 0.15) is 12.0 Å². The number of fused-ring (bicyclic) bond motifs is 1. The molecule has 1 N–H and O–H groups in total. The maximum absolute atomic E-state index is 13.5. The van der Waals surface area contributed by atoms with E-state index in [1.807, 2.05) is 0 Å². The number of hydrogen-bond acceptors (Lipinski definition) is 7. The van der Waals surface area contributed by atoms with Gasteiger partial charge in [0.05, 0.1) is 23.0 Å². The van der Waals surface area contributed by atoms with Crippen LogP contribution in [-0.4, -0.2) is 44.9 Å². The Morgan fingerprint density at radius 1 is 1.23 bits per heavy atom. The summed E-state index contributed by atoms with van der Waals surface area (Å²) in [5.41, 5.74) is 2.12. The number of hydrogen-bond donors (Lipinski definition) is 1. The van der Waals surface area contributed by atoms with Gasteiger partial charge in [0.2, 0.25) is 11.8 Å². The lowest BCUT2D eigenvalue weighted by Crippen LogP contribution is -2.37. The first kappa shape index (κ1) is 22.8. The smallest absolute Gasteiger partial charge is 0.326 e. The van der Waals surface area contributed by atoms with Gasteiger partial charge in [-0.3, -0.25) is 8.61 Å². The van der Waals surface area contributed by atoms with Gasteiger partial charge in [-0.1, -0.05) is 6.07 Å². The summed E-state index contributed by atoms with van der Waals surface area (Å²) in [5, 5.41) is 12.5. The maximum atomic E-state index is 13.5. The molecule has 0 amide bonds. The number of benzene rings is 2. The van der Waals surface area contributed by atoms with Crippen molar-refractivity contribution in [1.29, 1.82) is 5.26 Å². The molecule has 9 nitrogen and oxygen atoms in total. The number of anilines is 3. The molecule has 2 heterocycles. The topological polar surface area (TPSA) is 111 Å². The second-order valence-electron chi connectivity index (χ2n) is 8.26. The fraction of sp³-hybridized carbons (Fsp3) is 0.261. The Labute approximate surface area is 200 Å². The molecule has 1 aliphatic heterocycles. The van der Waals surface area contributed by atoms with Gasteiger partial charge in [-0.25, -0.2) is 13.8 Å². The van der Waals surface area contributed by atoms with Crippen LogP contribution >= 0.6 is 0 Å². The lowest BCUT2D eigenvalue weighted by Gasteiger charge is -2.18. The molecule has 35 heavy (non-hydrogen) atoms. The summed E-state index contributed by atoms with van der Waals surface area (Å²) in [7, 11) is -0.918. The van der Waals surface area contributed by atoms with Gasteiger partial charge >= 0.3 is 10.2 Å². The molecule has 1 aliphatic carbocycles. The lowest BCUT2D eigenvalue weighted by atomic mass is 9.99. The monoisotopic (exact) mass is 498 g/mol. The van der Waals surface area contributed by atoms with Crippen LogP contribution in [-0.2, 0) is 10.2 Å². The molecule has 1 aromatic heterocycles. The van der Waals surface area contributed by atoms with E-state index in [0.29, 0.717) is 45.6 Å². The molecule has 1 atom stereocenters. The summed E-state index contributed by atoms with van der Waals surface area (Å²) in [6, 6.07) is 13.5. The highest BCUT2D eigenvalue weighted by Crippen LogP contribution is 2.52. The molecule has 5 rings (SSSR count). The first-order valence-electron chi connectivity index (χ1n) is 10.7. The van der Waals surface area contributed by atoms with Crippen molar-refractivity contribution < 1.29 is 21.9 Å². The molecule has 0 saturated heterocycles. The van der Waals surface area contributed by atoms with Gasteiger partial charge in [-0.15, -0.1) is 0 Å². The first-order chi connectivity index (χ1) is 16.6. The Morgan fingerprint density at radius 3 is 2.69 bits per heavy atom. The van der Waals surface area contributed by atoms with Crippen molar-refractivity contribution >= 4 is 27.5 Å². The van der Waals surface area contributed by atoms with Crippen LogP contribution in [0.2, 0.25) is 0 Å². The summed E-state index contributed by atoms with van der Waals surface area (Å²) in [4.78, 5) is 8.25. The maximum Gasteiger partial charge on any atom is 0.326 e. The largest absolute Gasteiger partial charge is 0.439 e. The van der Waals surface area contributed by atoms with E-state index in [4.69, 9.17) is 4.74 Å². The number of rotatable bonds is 6. The average Bonchev–Trinajstić information content (AvgIpc) is 3.41. The molecule has 1 fully saturated rings. The van der Waals surface area contributed by atoms with E-state index < -0.39 is 22.0 Å². The molecule has 1 saturated carbocycles. The predicted molar refractivity (Wildman–Crippen MR) is 126 cm³/mol. The summed E-state index contributed by atoms with van der Waals surface area (Å²) in [6.07, 6.45) is 1.22. The summed E-state index contributed by atoms with van der Waals surface area (Å²) in [6.45, 7) is -0.285. The van der Waals surface area contributed by atoms with Crippen LogP contribution < -0.4 is 18.7 Å². The zero-order chi connectivity index (χ0) is 25.0. The average molecular weight is 499 g/mol. The van der Waals surface area contributed by atoms with Crippen molar-refractivity contribution in [2.75, 3.05) is 34.6 Å². The number of halogens is 2. The third kappa shape index (κ3) is 3.97.